The third-order valence-corrected chi connectivity index (χ3v) is 3.56. The van der Waals surface area contributed by atoms with Gasteiger partial charge in [0.05, 0.1) is 0 Å². The van der Waals surface area contributed by atoms with Crippen molar-refractivity contribution in [3.05, 3.63) is 70.2 Å². The molecule has 0 amide bonds. The van der Waals surface area contributed by atoms with Crippen LogP contribution in [0.4, 0.5) is 0 Å². The molecule has 0 aliphatic carbocycles. The van der Waals surface area contributed by atoms with E-state index in [1.165, 1.54) is 0 Å². The molecule has 0 fully saturated rings. The highest BCUT2D eigenvalue weighted by molar-refractivity contribution is 6.31. The van der Waals surface area contributed by atoms with Gasteiger partial charge in [-0.1, -0.05) is 54.1 Å². The third kappa shape index (κ3) is 3.47. The summed E-state index contributed by atoms with van der Waals surface area (Å²) in [4.78, 5) is 12.4. The minimum Gasteiger partial charge on any atom is -0.369 e. The SMILES string of the molecule is COC(C(=O)Cc1ccc(C)cc1Cl)c1ccccc1. The second-order valence-electron chi connectivity index (χ2n) is 4.76. The standard InChI is InChI=1S/C17H17ClO2/c1-12-8-9-14(15(18)10-12)11-16(19)17(20-2)13-6-4-3-5-7-13/h3-10,17H,11H2,1-2H3. The smallest absolute Gasteiger partial charge is 0.170 e. The van der Waals surface area contributed by atoms with Crippen LogP contribution in [0.3, 0.4) is 0 Å². The number of carbonyl (C=O) groups is 1. The molecule has 2 rings (SSSR count). The summed E-state index contributed by atoms with van der Waals surface area (Å²) in [5, 5.41) is 0.626. The Balaban J connectivity index is 2.18. The molecule has 0 bridgehead atoms. The molecule has 20 heavy (non-hydrogen) atoms. The fraction of sp³-hybridized carbons (Fsp3) is 0.235. The molecule has 0 aliphatic rings. The first kappa shape index (κ1) is 14.8. The van der Waals surface area contributed by atoms with Gasteiger partial charge in [-0.2, -0.15) is 0 Å². The Labute approximate surface area is 124 Å². The first-order chi connectivity index (χ1) is 9.61. The van der Waals surface area contributed by atoms with Gasteiger partial charge in [0.1, 0.15) is 6.10 Å². The molecule has 104 valence electrons. The number of carbonyl (C=O) groups excluding carboxylic acids is 1. The summed E-state index contributed by atoms with van der Waals surface area (Å²) >= 11 is 6.17. The third-order valence-electron chi connectivity index (χ3n) is 3.20. The van der Waals surface area contributed by atoms with Gasteiger partial charge in [0.15, 0.2) is 5.78 Å². The van der Waals surface area contributed by atoms with Crippen LogP contribution in [0.25, 0.3) is 0 Å². The van der Waals surface area contributed by atoms with Gasteiger partial charge in [0, 0.05) is 18.6 Å². The lowest BCUT2D eigenvalue weighted by atomic mass is 9.99. The lowest BCUT2D eigenvalue weighted by molar-refractivity contribution is -0.128. The molecule has 1 unspecified atom stereocenters. The number of Topliss-reactive ketones (excluding diaryl/α,β-unsaturated/α-hetero) is 1. The van der Waals surface area contributed by atoms with Crippen LogP contribution in [0, 0.1) is 6.92 Å². The van der Waals surface area contributed by atoms with Crippen molar-refractivity contribution in [1.82, 2.24) is 0 Å². The highest BCUT2D eigenvalue weighted by Gasteiger charge is 2.20. The van der Waals surface area contributed by atoms with Gasteiger partial charge in [-0.3, -0.25) is 4.79 Å². The van der Waals surface area contributed by atoms with E-state index in [9.17, 15) is 4.79 Å². The monoisotopic (exact) mass is 288 g/mol. The quantitative estimate of drug-likeness (QED) is 0.826. The van der Waals surface area contributed by atoms with Crippen LogP contribution in [-0.2, 0) is 16.0 Å². The number of methoxy groups -OCH3 is 1. The maximum atomic E-state index is 12.4. The average molecular weight is 289 g/mol. The maximum Gasteiger partial charge on any atom is 0.170 e. The molecule has 2 nitrogen and oxygen atoms in total. The molecule has 0 spiro atoms. The summed E-state index contributed by atoms with van der Waals surface area (Å²) in [7, 11) is 1.55. The average Bonchev–Trinajstić information content (AvgIpc) is 2.44. The Hall–Kier alpha value is -1.64. The van der Waals surface area contributed by atoms with Crippen LogP contribution in [0.5, 0.6) is 0 Å². The van der Waals surface area contributed by atoms with Crippen molar-refractivity contribution in [3.63, 3.8) is 0 Å². The zero-order valence-electron chi connectivity index (χ0n) is 11.6. The van der Waals surface area contributed by atoms with Gasteiger partial charge in [0.25, 0.3) is 0 Å². The van der Waals surface area contributed by atoms with Gasteiger partial charge < -0.3 is 4.74 Å². The number of halogens is 1. The van der Waals surface area contributed by atoms with Gasteiger partial charge >= 0.3 is 0 Å². The molecule has 1 atom stereocenters. The predicted octanol–water partition coefficient (Wildman–Crippen LogP) is 4.15. The number of aryl methyl sites for hydroxylation is 1. The highest BCUT2D eigenvalue weighted by Crippen LogP contribution is 2.23. The number of benzene rings is 2. The predicted molar refractivity (Wildman–Crippen MR) is 81.1 cm³/mol. The van der Waals surface area contributed by atoms with Gasteiger partial charge in [0.2, 0.25) is 0 Å². The van der Waals surface area contributed by atoms with Crippen LogP contribution in [0.2, 0.25) is 5.02 Å². The van der Waals surface area contributed by atoms with Gasteiger partial charge in [-0.15, -0.1) is 0 Å². The van der Waals surface area contributed by atoms with Crippen LogP contribution in [-0.4, -0.2) is 12.9 Å². The molecule has 0 N–H and O–H groups in total. The zero-order chi connectivity index (χ0) is 14.5. The molecule has 0 saturated heterocycles. The van der Waals surface area contributed by atoms with E-state index < -0.39 is 6.10 Å². The number of rotatable bonds is 5. The van der Waals surface area contributed by atoms with Crippen molar-refractivity contribution in [3.8, 4) is 0 Å². The largest absolute Gasteiger partial charge is 0.369 e. The number of ketones is 1. The van der Waals surface area contributed by atoms with Crippen LogP contribution >= 0.6 is 11.6 Å². The summed E-state index contributed by atoms with van der Waals surface area (Å²) in [6.45, 7) is 1.97. The summed E-state index contributed by atoms with van der Waals surface area (Å²) in [6, 6.07) is 15.2. The van der Waals surface area contributed by atoms with E-state index in [0.717, 1.165) is 16.7 Å². The molecule has 0 aliphatic heterocycles. The number of hydrogen-bond acceptors (Lipinski definition) is 2. The van der Waals surface area contributed by atoms with E-state index >= 15 is 0 Å². The Morgan fingerprint density at radius 3 is 2.50 bits per heavy atom. The molecular weight excluding hydrogens is 272 g/mol. The van der Waals surface area contributed by atoms with Crippen molar-refractivity contribution < 1.29 is 9.53 Å². The maximum absolute atomic E-state index is 12.4. The van der Waals surface area contributed by atoms with E-state index in [4.69, 9.17) is 16.3 Å². The second kappa shape index (κ2) is 6.69. The van der Waals surface area contributed by atoms with Crippen molar-refractivity contribution >= 4 is 17.4 Å². The fourth-order valence-corrected chi connectivity index (χ4v) is 2.46. The molecular formula is C17H17ClO2. The fourth-order valence-electron chi connectivity index (χ4n) is 2.16. The zero-order valence-corrected chi connectivity index (χ0v) is 12.4. The van der Waals surface area contributed by atoms with Gasteiger partial charge in [-0.25, -0.2) is 0 Å². The van der Waals surface area contributed by atoms with Gasteiger partial charge in [-0.05, 0) is 29.7 Å². The molecule has 0 heterocycles. The summed E-state index contributed by atoms with van der Waals surface area (Å²) < 4.78 is 5.34. The molecule has 0 saturated carbocycles. The Morgan fingerprint density at radius 2 is 1.90 bits per heavy atom. The van der Waals surface area contributed by atoms with E-state index in [0.29, 0.717) is 5.02 Å². The van der Waals surface area contributed by atoms with Crippen molar-refractivity contribution in [2.24, 2.45) is 0 Å². The Kier molecular flexibility index (Phi) is 4.94. The normalized spacial score (nSPS) is 12.2. The summed E-state index contributed by atoms with van der Waals surface area (Å²) in [5.41, 5.74) is 2.78. The minimum absolute atomic E-state index is 0.00412. The minimum atomic E-state index is -0.548. The highest BCUT2D eigenvalue weighted by atomic mass is 35.5. The van der Waals surface area contributed by atoms with Crippen molar-refractivity contribution in [2.45, 2.75) is 19.4 Å². The first-order valence-corrected chi connectivity index (χ1v) is 6.85. The van der Waals surface area contributed by atoms with Crippen LogP contribution < -0.4 is 0 Å². The summed E-state index contributed by atoms with van der Waals surface area (Å²) in [6.07, 6.45) is -0.277. The van der Waals surface area contributed by atoms with E-state index in [-0.39, 0.29) is 12.2 Å². The molecule has 0 aromatic heterocycles. The number of ether oxygens (including phenoxy) is 1. The lowest BCUT2D eigenvalue weighted by Crippen LogP contribution is -2.17. The molecule has 0 radical (unpaired) electrons. The Bertz CT molecular complexity index is 593. The van der Waals surface area contributed by atoms with Crippen LogP contribution in [0.15, 0.2) is 48.5 Å². The molecule has 3 heteroatoms. The molecule has 2 aromatic carbocycles. The van der Waals surface area contributed by atoms with Crippen LogP contribution in [0.1, 0.15) is 22.8 Å². The molecule has 2 aromatic rings. The second-order valence-corrected chi connectivity index (χ2v) is 5.17. The number of hydrogen-bond donors (Lipinski definition) is 0. The first-order valence-electron chi connectivity index (χ1n) is 6.47. The van der Waals surface area contributed by atoms with E-state index in [1.807, 2.05) is 55.5 Å². The summed E-state index contributed by atoms with van der Waals surface area (Å²) in [5.74, 6) is 0.00412. The Morgan fingerprint density at radius 1 is 1.20 bits per heavy atom. The lowest BCUT2D eigenvalue weighted by Gasteiger charge is -2.15. The topological polar surface area (TPSA) is 26.3 Å². The van der Waals surface area contributed by atoms with Crippen molar-refractivity contribution in [1.29, 1.82) is 0 Å². The van der Waals surface area contributed by atoms with E-state index in [1.54, 1.807) is 7.11 Å². The van der Waals surface area contributed by atoms with E-state index in [2.05, 4.69) is 0 Å². The van der Waals surface area contributed by atoms with Crippen molar-refractivity contribution in [2.75, 3.05) is 7.11 Å².